The average Bonchev–Trinajstić information content (AvgIpc) is 3.00. The number of amides is 1. The first kappa shape index (κ1) is 19.6. The predicted molar refractivity (Wildman–Crippen MR) is 109 cm³/mol. The summed E-state index contributed by atoms with van der Waals surface area (Å²) >= 11 is 5.93. The molecule has 1 saturated heterocycles. The molecule has 1 N–H and O–H groups in total. The van der Waals surface area contributed by atoms with E-state index in [0.717, 1.165) is 32.1 Å². The molecule has 1 atom stereocenters. The molecule has 1 heterocycles. The topological polar surface area (TPSA) is 57.6 Å². The number of hydrogen-bond donors (Lipinski definition) is 1. The molecule has 29 heavy (non-hydrogen) atoms. The number of halogens is 2. The van der Waals surface area contributed by atoms with Crippen molar-refractivity contribution in [3.8, 4) is 0 Å². The summed E-state index contributed by atoms with van der Waals surface area (Å²) in [4.78, 5) is 27.6. The number of aliphatic hydroxyl groups excluding tert-OH is 1. The van der Waals surface area contributed by atoms with Gasteiger partial charge in [0.25, 0.3) is 11.7 Å². The lowest BCUT2D eigenvalue weighted by atomic mass is 9.91. The number of nitrogens with zero attached hydrogens (tertiary/aromatic N) is 1. The third kappa shape index (κ3) is 3.67. The Bertz CT molecular complexity index is 963. The van der Waals surface area contributed by atoms with E-state index in [1.54, 1.807) is 41.3 Å². The molecule has 2 aromatic carbocycles. The second kappa shape index (κ2) is 7.99. The molecule has 1 saturated carbocycles. The van der Waals surface area contributed by atoms with Gasteiger partial charge in [0.1, 0.15) is 11.6 Å². The molecule has 1 amide bonds. The van der Waals surface area contributed by atoms with E-state index in [2.05, 4.69) is 0 Å². The minimum atomic E-state index is -0.741. The highest BCUT2D eigenvalue weighted by atomic mass is 35.5. The van der Waals surface area contributed by atoms with Crippen LogP contribution in [0.25, 0.3) is 5.76 Å². The molecule has 4 rings (SSSR count). The molecule has 150 valence electrons. The number of likely N-dealkylation sites (tertiary alicyclic amines) is 1. The molecule has 0 radical (unpaired) electrons. The summed E-state index contributed by atoms with van der Waals surface area (Å²) in [5.74, 6) is -1.96. The normalized spacial score (nSPS) is 22.3. The van der Waals surface area contributed by atoms with Crippen LogP contribution >= 0.6 is 11.6 Å². The number of Topliss-reactive ketones (excluding diaryl/α,β-unsaturated/α-hetero) is 1. The van der Waals surface area contributed by atoms with E-state index < -0.39 is 23.5 Å². The minimum Gasteiger partial charge on any atom is -0.507 e. The standard InChI is InChI=1S/C23H21ClFNO3/c24-16-10-6-15(7-11-16)21(27)19-20(14-8-12-17(25)13-9-14)26(23(29)22(19)28)18-4-2-1-3-5-18/h6-13,18,20,27H,1-5H2/b21-19-. The van der Waals surface area contributed by atoms with Crippen LogP contribution < -0.4 is 0 Å². The van der Waals surface area contributed by atoms with E-state index in [1.165, 1.54) is 12.1 Å². The lowest BCUT2D eigenvalue weighted by molar-refractivity contribution is -0.141. The Kier molecular flexibility index (Phi) is 5.41. The van der Waals surface area contributed by atoms with Crippen LogP contribution in [-0.2, 0) is 9.59 Å². The van der Waals surface area contributed by atoms with Gasteiger partial charge in [-0.3, -0.25) is 9.59 Å². The first-order valence-corrected chi connectivity index (χ1v) is 10.2. The van der Waals surface area contributed by atoms with Gasteiger partial charge in [0, 0.05) is 16.6 Å². The van der Waals surface area contributed by atoms with Crippen molar-refractivity contribution in [3.05, 3.63) is 76.1 Å². The third-order valence-electron chi connectivity index (χ3n) is 5.75. The third-order valence-corrected chi connectivity index (χ3v) is 6.00. The molecule has 1 aliphatic heterocycles. The quantitative estimate of drug-likeness (QED) is 0.425. The van der Waals surface area contributed by atoms with Crippen molar-refractivity contribution in [2.24, 2.45) is 0 Å². The van der Waals surface area contributed by atoms with Crippen molar-refractivity contribution in [3.63, 3.8) is 0 Å². The lowest BCUT2D eigenvalue weighted by Gasteiger charge is -2.35. The first-order chi connectivity index (χ1) is 14.0. The van der Waals surface area contributed by atoms with Crippen LogP contribution in [0.15, 0.2) is 54.1 Å². The molecule has 0 spiro atoms. The highest BCUT2D eigenvalue weighted by molar-refractivity contribution is 6.46. The maximum Gasteiger partial charge on any atom is 0.295 e. The molecule has 6 heteroatoms. The second-order valence-corrected chi connectivity index (χ2v) is 7.99. The lowest BCUT2D eigenvalue weighted by Crippen LogP contribution is -2.40. The summed E-state index contributed by atoms with van der Waals surface area (Å²) < 4.78 is 13.5. The fourth-order valence-electron chi connectivity index (χ4n) is 4.32. The van der Waals surface area contributed by atoms with Gasteiger partial charge in [-0.15, -0.1) is 0 Å². The summed E-state index contributed by atoms with van der Waals surface area (Å²) in [6, 6.07) is 11.4. The number of rotatable bonds is 3. The van der Waals surface area contributed by atoms with E-state index in [4.69, 9.17) is 11.6 Å². The van der Waals surface area contributed by atoms with Gasteiger partial charge in [0.05, 0.1) is 11.6 Å². The second-order valence-electron chi connectivity index (χ2n) is 7.56. The Morgan fingerprint density at radius 1 is 0.966 bits per heavy atom. The number of hydrogen-bond acceptors (Lipinski definition) is 3. The van der Waals surface area contributed by atoms with Crippen LogP contribution in [0.1, 0.15) is 49.3 Å². The molecule has 1 unspecified atom stereocenters. The van der Waals surface area contributed by atoms with E-state index in [9.17, 15) is 19.1 Å². The largest absolute Gasteiger partial charge is 0.507 e. The van der Waals surface area contributed by atoms with Crippen molar-refractivity contribution in [1.29, 1.82) is 0 Å². The molecule has 4 nitrogen and oxygen atoms in total. The summed E-state index contributed by atoms with van der Waals surface area (Å²) in [6.45, 7) is 0. The smallest absolute Gasteiger partial charge is 0.295 e. The first-order valence-electron chi connectivity index (χ1n) is 9.79. The number of carbonyl (C=O) groups is 2. The van der Waals surface area contributed by atoms with Crippen LogP contribution in [0, 0.1) is 5.82 Å². The van der Waals surface area contributed by atoms with E-state index >= 15 is 0 Å². The fraction of sp³-hybridized carbons (Fsp3) is 0.304. The number of benzene rings is 2. The van der Waals surface area contributed by atoms with Crippen LogP contribution in [0.4, 0.5) is 4.39 Å². The van der Waals surface area contributed by atoms with Gasteiger partial charge in [-0.1, -0.05) is 43.0 Å². The van der Waals surface area contributed by atoms with Crippen molar-refractivity contribution in [2.75, 3.05) is 0 Å². The van der Waals surface area contributed by atoms with Crippen molar-refractivity contribution >= 4 is 29.1 Å². The zero-order valence-corrected chi connectivity index (χ0v) is 16.5. The maximum atomic E-state index is 13.5. The number of aliphatic hydroxyl groups is 1. The van der Waals surface area contributed by atoms with Gasteiger partial charge >= 0.3 is 0 Å². The Balaban J connectivity index is 1.86. The monoisotopic (exact) mass is 413 g/mol. The number of ketones is 1. The Morgan fingerprint density at radius 3 is 2.21 bits per heavy atom. The van der Waals surface area contributed by atoms with E-state index in [-0.39, 0.29) is 17.4 Å². The molecule has 1 aliphatic carbocycles. The molecule has 0 aromatic heterocycles. The Hall–Kier alpha value is -2.66. The van der Waals surface area contributed by atoms with Gasteiger partial charge in [0.2, 0.25) is 0 Å². The van der Waals surface area contributed by atoms with Crippen LogP contribution in [0.2, 0.25) is 5.02 Å². The van der Waals surface area contributed by atoms with E-state index in [0.29, 0.717) is 16.1 Å². The molecule has 2 aromatic rings. The molecular weight excluding hydrogens is 393 g/mol. The molecule has 2 aliphatic rings. The Labute approximate surface area is 173 Å². The zero-order valence-electron chi connectivity index (χ0n) is 15.8. The highest BCUT2D eigenvalue weighted by Crippen LogP contribution is 2.43. The van der Waals surface area contributed by atoms with Gasteiger partial charge < -0.3 is 10.0 Å². The maximum absolute atomic E-state index is 13.5. The van der Waals surface area contributed by atoms with Crippen LogP contribution in [0.3, 0.4) is 0 Å². The van der Waals surface area contributed by atoms with Gasteiger partial charge in [0.15, 0.2) is 0 Å². The number of carbonyl (C=O) groups excluding carboxylic acids is 2. The van der Waals surface area contributed by atoms with E-state index in [1.807, 2.05) is 0 Å². The van der Waals surface area contributed by atoms with Crippen molar-refractivity contribution in [1.82, 2.24) is 4.90 Å². The van der Waals surface area contributed by atoms with Crippen LogP contribution in [0.5, 0.6) is 0 Å². The zero-order chi connectivity index (χ0) is 20.5. The SMILES string of the molecule is O=C1C(=O)N(C2CCCCC2)C(c2ccc(F)cc2)/C1=C(/O)c1ccc(Cl)cc1. The van der Waals surface area contributed by atoms with Gasteiger partial charge in [-0.2, -0.15) is 0 Å². The summed E-state index contributed by atoms with van der Waals surface area (Å²) in [5, 5.41) is 11.5. The average molecular weight is 414 g/mol. The summed E-state index contributed by atoms with van der Waals surface area (Å²) in [6.07, 6.45) is 4.70. The highest BCUT2D eigenvalue weighted by Gasteiger charge is 2.48. The predicted octanol–water partition coefficient (Wildman–Crippen LogP) is 5.23. The minimum absolute atomic E-state index is 0.0366. The van der Waals surface area contributed by atoms with Crippen LogP contribution in [-0.4, -0.2) is 27.7 Å². The van der Waals surface area contributed by atoms with Crippen molar-refractivity contribution in [2.45, 2.75) is 44.2 Å². The van der Waals surface area contributed by atoms with Crippen molar-refractivity contribution < 1.29 is 19.1 Å². The molecule has 0 bridgehead atoms. The Morgan fingerprint density at radius 2 is 1.59 bits per heavy atom. The summed E-state index contributed by atoms with van der Waals surface area (Å²) in [7, 11) is 0. The molecule has 2 fully saturated rings. The molecular formula is C23H21ClFNO3. The fourth-order valence-corrected chi connectivity index (χ4v) is 4.45. The van der Waals surface area contributed by atoms with Gasteiger partial charge in [-0.05, 0) is 54.8 Å². The summed E-state index contributed by atoms with van der Waals surface area (Å²) in [5.41, 5.74) is 1.05. The van der Waals surface area contributed by atoms with Gasteiger partial charge in [-0.25, -0.2) is 4.39 Å².